The van der Waals surface area contributed by atoms with E-state index < -0.39 is 4.92 Å². The van der Waals surface area contributed by atoms with Gasteiger partial charge in [0.25, 0.3) is 11.6 Å². The predicted octanol–water partition coefficient (Wildman–Crippen LogP) is 4.64. The summed E-state index contributed by atoms with van der Waals surface area (Å²) in [5.41, 5.74) is 1.98. The smallest absolute Gasteiger partial charge is 0.270 e. The Morgan fingerprint density at radius 2 is 1.97 bits per heavy atom. The summed E-state index contributed by atoms with van der Waals surface area (Å²) in [6.07, 6.45) is 2.12. The number of non-ortho nitro benzene ring substituents is 1. The van der Waals surface area contributed by atoms with Gasteiger partial charge in [0.05, 0.1) is 32.4 Å². The van der Waals surface area contributed by atoms with Crippen molar-refractivity contribution in [3.63, 3.8) is 0 Å². The number of hydrogen-bond acceptors (Lipinski definition) is 6. The fourth-order valence-electron chi connectivity index (χ4n) is 3.64. The summed E-state index contributed by atoms with van der Waals surface area (Å²) in [5, 5.41) is 12.1. The van der Waals surface area contributed by atoms with E-state index in [1.165, 1.54) is 12.1 Å². The lowest BCUT2D eigenvalue weighted by molar-refractivity contribution is -0.384. The van der Waals surface area contributed by atoms with Crippen molar-refractivity contribution in [1.82, 2.24) is 9.88 Å². The van der Waals surface area contributed by atoms with Crippen LogP contribution in [0.15, 0.2) is 42.5 Å². The number of nitro groups is 1. The second kappa shape index (κ2) is 7.79. The fraction of sp³-hybridized carbons (Fsp3) is 0.333. The number of carbonyl (C=O) groups is 1. The van der Waals surface area contributed by atoms with Crippen LogP contribution in [0.5, 0.6) is 0 Å². The van der Waals surface area contributed by atoms with Gasteiger partial charge in [-0.25, -0.2) is 4.98 Å². The standard InChI is InChI=1S/C21H22N4O3S/c1-14(20-22-17-7-3-4-8-19(17)29-20)23(2)21(26)16-13-15(25(27)28)9-10-18(16)24-11-5-6-12-24/h3-4,7-10,13-14H,5-6,11-12H2,1-2H3/t14-/m0/s1. The highest BCUT2D eigenvalue weighted by molar-refractivity contribution is 7.18. The van der Waals surface area contributed by atoms with E-state index in [0.717, 1.165) is 46.8 Å². The predicted molar refractivity (Wildman–Crippen MR) is 115 cm³/mol. The number of amides is 1. The van der Waals surface area contributed by atoms with Gasteiger partial charge in [-0.15, -0.1) is 11.3 Å². The number of anilines is 1. The summed E-state index contributed by atoms with van der Waals surface area (Å²) in [7, 11) is 1.73. The van der Waals surface area contributed by atoms with Crippen molar-refractivity contribution in [3.8, 4) is 0 Å². The topological polar surface area (TPSA) is 79.6 Å². The zero-order chi connectivity index (χ0) is 20.5. The van der Waals surface area contributed by atoms with Crippen LogP contribution in [0.4, 0.5) is 11.4 Å². The molecule has 1 saturated heterocycles. The molecule has 29 heavy (non-hydrogen) atoms. The molecule has 1 atom stereocenters. The number of aromatic nitrogens is 1. The molecule has 7 nitrogen and oxygen atoms in total. The zero-order valence-electron chi connectivity index (χ0n) is 16.4. The number of fused-ring (bicyclic) bond motifs is 1. The van der Waals surface area contributed by atoms with Crippen LogP contribution in [-0.2, 0) is 0 Å². The minimum atomic E-state index is -0.457. The van der Waals surface area contributed by atoms with Gasteiger partial charge in [-0.05, 0) is 38.0 Å². The third kappa shape index (κ3) is 3.67. The second-order valence-corrected chi connectivity index (χ2v) is 8.33. The first-order valence-electron chi connectivity index (χ1n) is 9.61. The maximum atomic E-state index is 13.4. The molecule has 1 aliphatic rings. The van der Waals surface area contributed by atoms with Crippen molar-refractivity contribution in [2.45, 2.75) is 25.8 Å². The number of benzene rings is 2. The Morgan fingerprint density at radius 1 is 1.24 bits per heavy atom. The van der Waals surface area contributed by atoms with Crippen molar-refractivity contribution in [1.29, 1.82) is 0 Å². The van der Waals surface area contributed by atoms with Crippen LogP contribution in [0, 0.1) is 10.1 Å². The van der Waals surface area contributed by atoms with E-state index in [1.807, 2.05) is 31.2 Å². The molecule has 1 fully saturated rings. The molecule has 0 radical (unpaired) electrons. The summed E-state index contributed by atoms with van der Waals surface area (Å²) in [4.78, 5) is 32.6. The summed E-state index contributed by atoms with van der Waals surface area (Å²) in [5.74, 6) is -0.234. The van der Waals surface area contributed by atoms with Crippen LogP contribution in [0.3, 0.4) is 0 Å². The fourth-order valence-corrected chi connectivity index (χ4v) is 4.71. The average Bonchev–Trinajstić information content (AvgIpc) is 3.41. The number of carbonyl (C=O) groups excluding carboxylic acids is 1. The van der Waals surface area contributed by atoms with E-state index in [-0.39, 0.29) is 17.6 Å². The Bertz CT molecular complexity index is 1040. The van der Waals surface area contributed by atoms with Gasteiger partial charge in [-0.1, -0.05) is 12.1 Å². The van der Waals surface area contributed by atoms with E-state index in [9.17, 15) is 14.9 Å². The summed E-state index contributed by atoms with van der Waals surface area (Å²) >= 11 is 1.56. The van der Waals surface area contributed by atoms with E-state index in [2.05, 4.69) is 9.88 Å². The SMILES string of the molecule is C[C@@H](c1nc2ccccc2s1)N(C)C(=O)c1cc([N+](=O)[O-])ccc1N1CCCC1. The van der Waals surface area contributed by atoms with E-state index in [1.54, 1.807) is 29.4 Å². The van der Waals surface area contributed by atoms with Crippen molar-refractivity contribution in [2.75, 3.05) is 25.0 Å². The molecule has 0 N–H and O–H groups in total. The highest BCUT2D eigenvalue weighted by Crippen LogP contribution is 2.33. The van der Waals surface area contributed by atoms with Gasteiger partial charge in [-0.2, -0.15) is 0 Å². The zero-order valence-corrected chi connectivity index (χ0v) is 17.2. The molecule has 2 heterocycles. The van der Waals surface area contributed by atoms with Crippen LogP contribution < -0.4 is 4.90 Å². The minimum Gasteiger partial charge on any atom is -0.371 e. The number of nitro benzene ring substituents is 1. The highest BCUT2D eigenvalue weighted by atomic mass is 32.1. The number of rotatable bonds is 5. The molecule has 0 aliphatic carbocycles. The Morgan fingerprint density at radius 3 is 2.66 bits per heavy atom. The Balaban J connectivity index is 1.68. The quantitative estimate of drug-likeness (QED) is 0.452. The summed E-state index contributed by atoms with van der Waals surface area (Å²) < 4.78 is 1.07. The molecule has 0 bridgehead atoms. The van der Waals surface area contributed by atoms with Gasteiger partial charge in [0.2, 0.25) is 0 Å². The van der Waals surface area contributed by atoms with Gasteiger partial charge < -0.3 is 9.80 Å². The lowest BCUT2D eigenvalue weighted by Gasteiger charge is -2.27. The van der Waals surface area contributed by atoms with Gasteiger partial charge in [0.15, 0.2) is 0 Å². The molecule has 0 spiro atoms. The van der Waals surface area contributed by atoms with Crippen molar-refractivity contribution >= 4 is 38.8 Å². The Hall–Kier alpha value is -3.00. The normalized spacial score (nSPS) is 14.9. The number of hydrogen-bond donors (Lipinski definition) is 0. The lowest BCUT2D eigenvalue weighted by Crippen LogP contribution is -2.31. The molecule has 1 aliphatic heterocycles. The third-order valence-electron chi connectivity index (χ3n) is 5.44. The first-order chi connectivity index (χ1) is 14.0. The largest absolute Gasteiger partial charge is 0.371 e. The first kappa shape index (κ1) is 19.3. The highest BCUT2D eigenvalue weighted by Gasteiger charge is 2.27. The molecule has 0 unspecified atom stereocenters. The van der Waals surface area contributed by atoms with Crippen molar-refractivity contribution < 1.29 is 9.72 Å². The van der Waals surface area contributed by atoms with Crippen molar-refractivity contribution in [3.05, 3.63) is 63.1 Å². The Labute approximate surface area is 172 Å². The van der Waals surface area contributed by atoms with Gasteiger partial charge >= 0.3 is 0 Å². The molecule has 3 aromatic rings. The van der Waals surface area contributed by atoms with E-state index >= 15 is 0 Å². The molecule has 4 rings (SSSR count). The van der Waals surface area contributed by atoms with Crippen LogP contribution in [0.2, 0.25) is 0 Å². The number of thiazole rings is 1. The molecule has 1 aromatic heterocycles. The summed E-state index contributed by atoms with van der Waals surface area (Å²) in [6.45, 7) is 3.65. The molecular weight excluding hydrogens is 388 g/mol. The monoisotopic (exact) mass is 410 g/mol. The third-order valence-corrected chi connectivity index (χ3v) is 6.64. The molecular formula is C21H22N4O3S. The van der Waals surface area contributed by atoms with Crippen LogP contribution >= 0.6 is 11.3 Å². The average molecular weight is 410 g/mol. The molecule has 2 aromatic carbocycles. The maximum Gasteiger partial charge on any atom is 0.270 e. The number of para-hydroxylation sites is 1. The molecule has 1 amide bonds. The molecule has 150 valence electrons. The Kier molecular flexibility index (Phi) is 5.19. The van der Waals surface area contributed by atoms with E-state index in [4.69, 9.17) is 0 Å². The maximum absolute atomic E-state index is 13.4. The van der Waals surface area contributed by atoms with Gasteiger partial charge in [-0.3, -0.25) is 14.9 Å². The number of nitrogens with zero attached hydrogens (tertiary/aromatic N) is 4. The molecule has 8 heteroatoms. The minimum absolute atomic E-state index is 0.0719. The first-order valence-corrected chi connectivity index (χ1v) is 10.4. The molecule has 0 saturated carbocycles. The van der Waals surface area contributed by atoms with Crippen LogP contribution in [0.25, 0.3) is 10.2 Å². The van der Waals surface area contributed by atoms with E-state index in [0.29, 0.717) is 5.56 Å². The summed E-state index contributed by atoms with van der Waals surface area (Å²) in [6, 6.07) is 12.2. The van der Waals surface area contributed by atoms with Crippen molar-refractivity contribution in [2.24, 2.45) is 0 Å². The van der Waals surface area contributed by atoms with Gasteiger partial charge in [0.1, 0.15) is 5.01 Å². The van der Waals surface area contributed by atoms with Gasteiger partial charge in [0, 0.05) is 32.3 Å². The lowest BCUT2D eigenvalue weighted by atomic mass is 10.1. The second-order valence-electron chi connectivity index (χ2n) is 7.26. The van der Waals surface area contributed by atoms with Crippen LogP contribution in [-0.4, -0.2) is 40.9 Å². The van der Waals surface area contributed by atoms with Crippen LogP contribution in [0.1, 0.15) is 41.2 Å².